The molecule has 0 bridgehead atoms. The summed E-state index contributed by atoms with van der Waals surface area (Å²) in [6.07, 6.45) is 0. The monoisotopic (exact) mass is 1380 g/mol. The molecule has 86 heavy (non-hydrogen) atoms. The number of nitrogens with two attached hydrogens (primary N) is 2. The van der Waals surface area contributed by atoms with Gasteiger partial charge in [-0.15, -0.1) is 44.5 Å². The standard InChI is InChI=1S/C38H39N11O28S9/c1-21(50)41-28-18-30(35(85(65,66)67)20-29(28)45-42-22-2-4-23(5-3-22)80(53,54)13-10-71-78-76-74-51)46-48-32-19-31(47-43-26-8-6-24(16-33(26)83(59,60)61)81(55,56)14-11-72-79-77-75-52)36(39)38(37(32)40)49-44-27-9-7-25(17-34(27)84(62,63)64)82(57,58)15-12-73-86(68,69)70/h2-9,16-20,51-52H,10-15,39-40H2,1H3,(H,41,50)(H,59,60,61)(H,62,63,64)(H,65,66,67)(H,68,69,70). The smallest absolute Gasteiger partial charge is 0.395 e. The minimum absolute atomic E-state index is 0.0266. The highest BCUT2D eigenvalue weighted by molar-refractivity contribution is 7.92. The van der Waals surface area contributed by atoms with Gasteiger partial charge in [-0.25, -0.2) is 40.0 Å². The largest absolute Gasteiger partial charge is 0.397 e. The van der Waals surface area contributed by atoms with E-state index in [-0.39, 0.29) is 40.9 Å². The van der Waals surface area contributed by atoms with Crippen molar-refractivity contribution in [1.29, 1.82) is 0 Å². The van der Waals surface area contributed by atoms with Crippen molar-refractivity contribution in [2.75, 3.05) is 53.9 Å². The number of nitrogens with zero attached hydrogens (tertiary/aromatic N) is 8. The first-order chi connectivity index (χ1) is 40.0. The zero-order chi connectivity index (χ0) is 64.1. The normalized spacial score (nSPS) is 13.2. The molecule has 0 saturated heterocycles. The molecule has 0 aliphatic rings. The van der Waals surface area contributed by atoms with Crippen LogP contribution in [0.5, 0.6) is 0 Å². The predicted molar refractivity (Wildman–Crippen MR) is 292 cm³/mol. The molecule has 0 atom stereocenters. The number of carbonyl (C=O) groups is 1. The summed E-state index contributed by atoms with van der Waals surface area (Å²) in [5, 5.41) is 56.0. The number of sulfone groups is 3. The number of azo groups is 4. The topological polar surface area (TPSA) is 605 Å². The number of amides is 1. The summed E-state index contributed by atoms with van der Waals surface area (Å²) in [5.41, 5.74) is 5.74. The zero-order valence-electron chi connectivity index (χ0n) is 42.3. The molecular weight excluding hydrogens is 1350 g/mol. The molecule has 0 spiro atoms. The fourth-order valence-electron chi connectivity index (χ4n) is 6.29. The van der Waals surface area contributed by atoms with E-state index < -0.39 is 189 Å². The number of rotatable bonds is 31. The number of hydrogen-bond donors (Lipinski definition) is 9. The molecule has 5 aromatic rings. The number of nitrogens with one attached hydrogen (secondary N) is 1. The van der Waals surface area contributed by atoms with E-state index in [2.05, 4.69) is 69.2 Å². The van der Waals surface area contributed by atoms with Gasteiger partial charge < -0.3 is 16.8 Å². The average Bonchev–Trinajstić information content (AvgIpc) is 2.57. The Morgan fingerprint density at radius 1 is 0.477 bits per heavy atom. The van der Waals surface area contributed by atoms with Crippen LogP contribution < -0.4 is 16.8 Å². The molecule has 468 valence electrons. The quantitative estimate of drug-likeness (QED) is 0.00443. The molecule has 0 aliphatic carbocycles. The minimum Gasteiger partial charge on any atom is -0.395 e. The van der Waals surface area contributed by atoms with Crippen molar-refractivity contribution in [2.24, 2.45) is 40.9 Å². The second kappa shape index (κ2) is 29.4. The molecule has 0 fully saturated rings. The molecule has 0 radical (unpaired) electrons. The van der Waals surface area contributed by atoms with Gasteiger partial charge in [-0.05, 0) is 78.9 Å². The van der Waals surface area contributed by atoms with Gasteiger partial charge in [0.1, 0.15) is 54.5 Å². The Bertz CT molecular complexity index is 4330. The van der Waals surface area contributed by atoms with Crippen LogP contribution in [0.2, 0.25) is 0 Å². The second-order valence-electron chi connectivity index (χ2n) is 15.9. The molecule has 0 aromatic heterocycles. The molecular formula is C38H39N11O28S9. The van der Waals surface area contributed by atoms with E-state index in [9.17, 15) is 77.4 Å². The summed E-state index contributed by atoms with van der Waals surface area (Å²) >= 11 is 0.175. The maximum absolute atomic E-state index is 13.0. The van der Waals surface area contributed by atoms with Crippen LogP contribution in [0.1, 0.15) is 6.92 Å². The molecule has 0 saturated carbocycles. The lowest BCUT2D eigenvalue weighted by Crippen LogP contribution is -2.16. The Hall–Kier alpha value is -6.60. The maximum atomic E-state index is 13.0. The van der Waals surface area contributed by atoms with Crippen molar-refractivity contribution in [1.82, 2.24) is 0 Å². The van der Waals surface area contributed by atoms with Crippen LogP contribution in [0.3, 0.4) is 0 Å². The molecule has 5 aromatic carbocycles. The van der Waals surface area contributed by atoms with Crippen molar-refractivity contribution in [3.63, 3.8) is 0 Å². The summed E-state index contributed by atoms with van der Waals surface area (Å²) in [6, 6.07) is 10.6. The number of benzene rings is 5. The molecule has 0 aliphatic heterocycles. The Kier molecular flexibility index (Phi) is 24.0. The molecule has 1 amide bonds. The third kappa shape index (κ3) is 20.2. The summed E-state index contributed by atoms with van der Waals surface area (Å²) in [6.45, 7) is -1.18. The van der Waals surface area contributed by atoms with Gasteiger partial charge in [-0.2, -0.15) is 38.8 Å². The molecule has 11 N–H and O–H groups in total. The Morgan fingerprint density at radius 2 is 0.872 bits per heavy atom. The zero-order valence-corrected chi connectivity index (χ0v) is 49.7. The van der Waals surface area contributed by atoms with E-state index in [0.717, 1.165) is 43.3 Å². The number of nitrogen functional groups attached to an aromatic ring is 2. The third-order valence-corrected chi connectivity index (χ3v) is 19.0. The van der Waals surface area contributed by atoms with Crippen LogP contribution in [0.4, 0.5) is 62.6 Å². The van der Waals surface area contributed by atoms with Crippen molar-refractivity contribution in [2.45, 2.75) is 36.3 Å². The van der Waals surface area contributed by atoms with Gasteiger partial charge in [0, 0.05) is 6.92 Å². The van der Waals surface area contributed by atoms with Gasteiger partial charge in [0.2, 0.25) is 5.91 Å². The van der Waals surface area contributed by atoms with Crippen LogP contribution in [0.15, 0.2) is 149 Å². The molecule has 0 heterocycles. The van der Waals surface area contributed by atoms with Crippen molar-refractivity contribution in [3.05, 3.63) is 78.9 Å². The Balaban J connectivity index is 1.68. The van der Waals surface area contributed by atoms with Crippen molar-refractivity contribution >= 4 is 163 Å². The first-order valence-corrected chi connectivity index (χ1v) is 33.9. The lowest BCUT2D eigenvalue weighted by atomic mass is 10.1. The highest BCUT2D eigenvalue weighted by Crippen LogP contribution is 2.47. The van der Waals surface area contributed by atoms with E-state index in [4.69, 9.17) is 34.9 Å². The van der Waals surface area contributed by atoms with Crippen LogP contribution in [-0.2, 0) is 106 Å². The summed E-state index contributed by atoms with van der Waals surface area (Å²) in [5.74, 6) is -3.38. The van der Waals surface area contributed by atoms with E-state index in [1.54, 1.807) is 0 Å². The lowest BCUT2D eigenvalue weighted by molar-refractivity contribution is -0.434. The van der Waals surface area contributed by atoms with Crippen molar-refractivity contribution < 1.29 is 124 Å². The average molecular weight is 1390 g/mol. The molecule has 5 rings (SSSR count). The van der Waals surface area contributed by atoms with Gasteiger partial charge in [0.15, 0.2) is 54.2 Å². The van der Waals surface area contributed by atoms with Crippen LogP contribution in [0.25, 0.3) is 0 Å². The van der Waals surface area contributed by atoms with Gasteiger partial charge in [-0.3, -0.25) is 31.4 Å². The second-order valence-corrected chi connectivity index (χ2v) is 28.5. The predicted octanol–water partition coefficient (Wildman–Crippen LogP) is 6.35. The van der Waals surface area contributed by atoms with E-state index in [1.165, 1.54) is 12.1 Å². The van der Waals surface area contributed by atoms with Crippen LogP contribution in [-0.4, -0.2) is 131 Å². The maximum Gasteiger partial charge on any atom is 0.397 e. The first-order valence-electron chi connectivity index (χ1n) is 22.0. The van der Waals surface area contributed by atoms with Gasteiger partial charge >= 0.3 is 10.4 Å². The fourth-order valence-corrected chi connectivity index (χ4v) is 12.7. The molecule has 39 nitrogen and oxygen atoms in total. The highest BCUT2D eigenvalue weighted by atomic mass is 32.3. The minimum atomic E-state index is -5.47. The molecule has 0 unspecified atom stereocenters. The number of anilines is 3. The fraction of sp³-hybridized carbons (Fsp3) is 0.184. The van der Waals surface area contributed by atoms with Crippen LogP contribution in [0, 0.1) is 0 Å². The highest BCUT2D eigenvalue weighted by Gasteiger charge is 2.27. The molecule has 48 heteroatoms. The Morgan fingerprint density at radius 3 is 1.31 bits per heavy atom. The lowest BCUT2D eigenvalue weighted by Gasteiger charge is -2.11. The van der Waals surface area contributed by atoms with E-state index in [0.29, 0.717) is 30.3 Å². The van der Waals surface area contributed by atoms with Crippen LogP contribution >= 0.6 is 24.6 Å². The van der Waals surface area contributed by atoms with Crippen molar-refractivity contribution in [3.8, 4) is 0 Å². The van der Waals surface area contributed by atoms with Gasteiger partial charge in [-0.1, -0.05) is 10.1 Å². The SMILES string of the molecule is CC(=O)Nc1cc(N=Nc2cc(N=Nc3ccc(S(=O)(=O)CCOSOOO)cc3S(=O)(=O)O)c(N)c(N=Nc3ccc(S(=O)(=O)CCOS(=O)(=O)O)cc3S(=O)(=O)O)c2N)c(S(=O)(=O)O)cc1N=Nc1ccc(S(=O)(=O)CCOSOOO)cc1. The number of carbonyl (C=O) groups excluding carboxylic acids is 1. The summed E-state index contributed by atoms with van der Waals surface area (Å²) in [7, 11) is -34.4. The third-order valence-electron chi connectivity index (χ3n) is 10.1. The first kappa shape index (κ1) is 70.2. The summed E-state index contributed by atoms with van der Waals surface area (Å²) < 4.78 is 236. The number of hydrogen-bond acceptors (Lipinski definition) is 36. The van der Waals surface area contributed by atoms with Gasteiger partial charge in [0.05, 0.1) is 74.5 Å². The van der Waals surface area contributed by atoms with Gasteiger partial charge in [0.25, 0.3) is 30.4 Å². The van der Waals surface area contributed by atoms with E-state index in [1.807, 2.05) is 0 Å². The Labute approximate surface area is 494 Å². The van der Waals surface area contributed by atoms with E-state index >= 15 is 0 Å². The summed E-state index contributed by atoms with van der Waals surface area (Å²) in [4.78, 5) is 7.04.